The molecule has 0 N–H and O–H groups in total. The van der Waals surface area contributed by atoms with Crippen molar-refractivity contribution < 1.29 is 0 Å². The van der Waals surface area contributed by atoms with Crippen molar-refractivity contribution in [3.8, 4) is 6.07 Å². The van der Waals surface area contributed by atoms with Crippen LogP contribution in [0.4, 0.5) is 0 Å². The molecule has 2 heteroatoms. The highest BCUT2D eigenvalue weighted by Gasteiger charge is 2.40. The van der Waals surface area contributed by atoms with Crippen molar-refractivity contribution in [1.82, 2.24) is 4.90 Å². The van der Waals surface area contributed by atoms with Crippen LogP contribution in [0.2, 0.25) is 0 Å². The minimum Gasteiger partial charge on any atom is -0.285 e. The molecule has 1 saturated heterocycles. The lowest BCUT2D eigenvalue weighted by Crippen LogP contribution is -2.54. The summed E-state index contributed by atoms with van der Waals surface area (Å²) in [7, 11) is 0. The third-order valence-electron chi connectivity index (χ3n) is 4.36. The van der Waals surface area contributed by atoms with Crippen LogP contribution in [0.1, 0.15) is 52.4 Å². The molecule has 16 heavy (non-hydrogen) atoms. The smallest absolute Gasteiger partial charge is 0.109 e. The van der Waals surface area contributed by atoms with Crippen LogP contribution >= 0.6 is 0 Å². The van der Waals surface area contributed by atoms with Gasteiger partial charge in [-0.05, 0) is 31.1 Å². The first kappa shape index (κ1) is 11.9. The highest BCUT2D eigenvalue weighted by molar-refractivity contribution is 5.10. The molecule has 2 rings (SSSR count). The lowest BCUT2D eigenvalue weighted by atomic mass is 9.78. The molecule has 0 amide bonds. The van der Waals surface area contributed by atoms with E-state index in [2.05, 4.69) is 24.8 Å². The van der Waals surface area contributed by atoms with E-state index in [1.807, 2.05) is 0 Å². The molecule has 2 aliphatic rings. The summed E-state index contributed by atoms with van der Waals surface area (Å²) in [6.45, 7) is 6.93. The minimum atomic E-state index is -0.110. The summed E-state index contributed by atoms with van der Waals surface area (Å²) < 4.78 is 0. The fourth-order valence-electron chi connectivity index (χ4n) is 3.65. The Morgan fingerprint density at radius 1 is 1.06 bits per heavy atom. The lowest BCUT2D eigenvalue weighted by molar-refractivity contribution is 0.0348. The van der Waals surface area contributed by atoms with Gasteiger partial charge in [0.2, 0.25) is 0 Å². The third-order valence-corrected chi connectivity index (χ3v) is 4.36. The van der Waals surface area contributed by atoms with E-state index in [0.29, 0.717) is 0 Å². The van der Waals surface area contributed by atoms with Crippen LogP contribution in [-0.2, 0) is 0 Å². The van der Waals surface area contributed by atoms with Crippen molar-refractivity contribution in [2.45, 2.75) is 57.9 Å². The summed E-state index contributed by atoms with van der Waals surface area (Å²) in [6.07, 6.45) is 7.34. The molecule has 0 radical (unpaired) electrons. The van der Waals surface area contributed by atoms with Crippen molar-refractivity contribution in [1.29, 1.82) is 5.26 Å². The largest absolute Gasteiger partial charge is 0.285 e. The first-order chi connectivity index (χ1) is 7.66. The number of nitrogens with zero attached hydrogens (tertiary/aromatic N) is 2. The topological polar surface area (TPSA) is 27.0 Å². The molecule has 0 aromatic carbocycles. The minimum absolute atomic E-state index is 0.110. The predicted octanol–water partition coefficient (Wildman–Crippen LogP) is 3.19. The monoisotopic (exact) mass is 220 g/mol. The summed E-state index contributed by atoms with van der Waals surface area (Å²) in [6, 6.07) is 2.65. The van der Waals surface area contributed by atoms with E-state index >= 15 is 0 Å². The molecule has 0 aromatic rings. The summed E-state index contributed by atoms with van der Waals surface area (Å²) in [4.78, 5) is 2.50. The lowest BCUT2D eigenvalue weighted by Gasteiger charge is -2.46. The van der Waals surface area contributed by atoms with Gasteiger partial charge < -0.3 is 0 Å². The van der Waals surface area contributed by atoms with Crippen LogP contribution in [-0.4, -0.2) is 23.5 Å². The molecular weight excluding hydrogens is 196 g/mol. The van der Waals surface area contributed by atoms with Crippen molar-refractivity contribution in [3.05, 3.63) is 0 Å². The average molecular weight is 220 g/mol. The maximum Gasteiger partial charge on any atom is 0.109 e. The Hall–Kier alpha value is -0.550. The fraction of sp³-hybridized carbons (Fsp3) is 0.929. The van der Waals surface area contributed by atoms with Gasteiger partial charge in [-0.1, -0.05) is 33.1 Å². The zero-order chi connectivity index (χ0) is 11.6. The molecule has 1 heterocycles. The van der Waals surface area contributed by atoms with Gasteiger partial charge in [0.1, 0.15) is 5.54 Å². The Bertz CT molecular complexity index is 263. The standard InChI is InChI=1S/C14H24N2/c1-12-8-13(2)10-16(9-12)14(11-15)6-4-3-5-7-14/h12-13H,3-10H2,1-2H3. The molecule has 1 saturated carbocycles. The van der Waals surface area contributed by atoms with E-state index in [-0.39, 0.29) is 5.54 Å². The summed E-state index contributed by atoms with van der Waals surface area (Å²) >= 11 is 0. The maximum absolute atomic E-state index is 9.57. The number of hydrogen-bond acceptors (Lipinski definition) is 2. The van der Waals surface area contributed by atoms with Crippen LogP contribution in [0.25, 0.3) is 0 Å². The first-order valence-corrected chi connectivity index (χ1v) is 6.82. The van der Waals surface area contributed by atoms with Gasteiger partial charge in [-0.3, -0.25) is 4.90 Å². The molecular formula is C14H24N2. The normalized spacial score (nSPS) is 35.6. The second kappa shape index (κ2) is 4.75. The van der Waals surface area contributed by atoms with Gasteiger partial charge in [-0.2, -0.15) is 5.26 Å². The van der Waals surface area contributed by atoms with Crippen LogP contribution < -0.4 is 0 Å². The number of likely N-dealkylation sites (tertiary alicyclic amines) is 1. The van der Waals surface area contributed by atoms with Crippen molar-refractivity contribution in [2.75, 3.05) is 13.1 Å². The zero-order valence-electron chi connectivity index (χ0n) is 10.7. The molecule has 2 nitrogen and oxygen atoms in total. The second-order valence-corrected chi connectivity index (χ2v) is 6.06. The summed E-state index contributed by atoms with van der Waals surface area (Å²) in [5.74, 6) is 1.52. The van der Waals surface area contributed by atoms with Gasteiger partial charge in [-0.15, -0.1) is 0 Å². The highest BCUT2D eigenvalue weighted by Crippen LogP contribution is 2.36. The molecule has 1 aliphatic heterocycles. The van der Waals surface area contributed by atoms with E-state index in [4.69, 9.17) is 0 Å². The quantitative estimate of drug-likeness (QED) is 0.678. The molecule has 2 fully saturated rings. The van der Waals surface area contributed by atoms with Gasteiger partial charge in [0.25, 0.3) is 0 Å². The number of hydrogen-bond donors (Lipinski definition) is 0. The predicted molar refractivity (Wildman–Crippen MR) is 65.9 cm³/mol. The Labute approximate surface area is 99.6 Å². The van der Waals surface area contributed by atoms with E-state index < -0.39 is 0 Å². The van der Waals surface area contributed by atoms with Crippen LogP contribution in [0.3, 0.4) is 0 Å². The molecule has 1 aliphatic carbocycles. The molecule has 0 bridgehead atoms. The summed E-state index contributed by atoms with van der Waals surface area (Å²) in [5, 5.41) is 9.57. The average Bonchev–Trinajstić information content (AvgIpc) is 2.28. The molecule has 2 unspecified atom stereocenters. The van der Waals surface area contributed by atoms with E-state index in [1.165, 1.54) is 25.7 Å². The Kier molecular flexibility index (Phi) is 3.54. The maximum atomic E-state index is 9.57. The molecule has 0 spiro atoms. The highest BCUT2D eigenvalue weighted by atomic mass is 15.2. The SMILES string of the molecule is CC1CC(C)CN(C2(C#N)CCCCC2)C1. The number of rotatable bonds is 1. The zero-order valence-corrected chi connectivity index (χ0v) is 10.7. The van der Waals surface area contributed by atoms with Gasteiger partial charge in [0, 0.05) is 13.1 Å². The van der Waals surface area contributed by atoms with Crippen molar-refractivity contribution in [3.63, 3.8) is 0 Å². The Balaban J connectivity index is 2.11. The van der Waals surface area contributed by atoms with E-state index in [9.17, 15) is 5.26 Å². The third kappa shape index (κ3) is 2.25. The van der Waals surface area contributed by atoms with Crippen LogP contribution in [0.5, 0.6) is 0 Å². The number of nitriles is 1. The van der Waals surface area contributed by atoms with E-state index in [0.717, 1.165) is 37.8 Å². The van der Waals surface area contributed by atoms with Crippen molar-refractivity contribution in [2.24, 2.45) is 11.8 Å². The van der Waals surface area contributed by atoms with Crippen LogP contribution in [0, 0.1) is 23.2 Å². The molecule has 0 aromatic heterocycles. The van der Waals surface area contributed by atoms with Gasteiger partial charge in [0.15, 0.2) is 0 Å². The van der Waals surface area contributed by atoms with E-state index in [1.54, 1.807) is 0 Å². The van der Waals surface area contributed by atoms with Gasteiger partial charge >= 0.3 is 0 Å². The second-order valence-electron chi connectivity index (χ2n) is 6.06. The molecule has 90 valence electrons. The van der Waals surface area contributed by atoms with Gasteiger partial charge in [-0.25, -0.2) is 0 Å². The summed E-state index contributed by atoms with van der Waals surface area (Å²) in [5.41, 5.74) is -0.110. The Morgan fingerprint density at radius 3 is 2.12 bits per heavy atom. The van der Waals surface area contributed by atoms with Crippen LogP contribution in [0.15, 0.2) is 0 Å². The number of piperidine rings is 1. The van der Waals surface area contributed by atoms with Crippen molar-refractivity contribution >= 4 is 0 Å². The fourth-order valence-corrected chi connectivity index (χ4v) is 3.65. The Morgan fingerprint density at radius 2 is 1.62 bits per heavy atom. The van der Waals surface area contributed by atoms with Gasteiger partial charge in [0.05, 0.1) is 6.07 Å². The first-order valence-electron chi connectivity index (χ1n) is 6.82. The molecule has 2 atom stereocenters.